The molecule has 0 fully saturated rings. The summed E-state index contributed by atoms with van der Waals surface area (Å²) >= 11 is 0. The smallest absolute Gasteiger partial charge is 0.236 e. The molecular formula is C12H16N2O. The molecule has 0 spiro atoms. The number of benzene rings is 1. The summed E-state index contributed by atoms with van der Waals surface area (Å²) < 4.78 is 0. The second-order valence-corrected chi connectivity index (χ2v) is 3.66. The molecule has 0 atom stereocenters. The third-order valence-corrected chi connectivity index (χ3v) is 2.31. The molecule has 0 saturated carbocycles. The first-order valence-electron chi connectivity index (χ1n) is 4.89. The minimum atomic E-state index is -0.154. The molecule has 3 heteroatoms. The van der Waals surface area contributed by atoms with Crippen LogP contribution in [0.4, 0.5) is 0 Å². The zero-order chi connectivity index (χ0) is 11.4. The zero-order valence-corrected chi connectivity index (χ0v) is 9.59. The van der Waals surface area contributed by atoms with E-state index in [2.05, 4.69) is 36.5 Å². The first-order chi connectivity index (χ1) is 7.00. The van der Waals surface area contributed by atoms with Crippen molar-refractivity contribution in [3.8, 4) is 0 Å². The lowest BCUT2D eigenvalue weighted by Gasteiger charge is -2.04. The monoisotopic (exact) mass is 204 g/mol. The van der Waals surface area contributed by atoms with Crippen LogP contribution in [-0.4, -0.2) is 11.6 Å². The first-order valence-corrected chi connectivity index (χ1v) is 4.89. The summed E-state index contributed by atoms with van der Waals surface area (Å²) in [6.07, 6.45) is 0. The molecule has 0 aromatic heterocycles. The Balaban J connectivity index is 2.91. The van der Waals surface area contributed by atoms with Gasteiger partial charge in [0.2, 0.25) is 5.91 Å². The predicted molar refractivity (Wildman–Crippen MR) is 61.9 cm³/mol. The van der Waals surface area contributed by atoms with Crippen molar-refractivity contribution in [3.63, 3.8) is 0 Å². The topological polar surface area (TPSA) is 41.5 Å². The molecule has 1 aromatic rings. The van der Waals surface area contributed by atoms with Gasteiger partial charge in [0.05, 0.1) is 5.71 Å². The van der Waals surface area contributed by atoms with Crippen LogP contribution in [0, 0.1) is 13.8 Å². The van der Waals surface area contributed by atoms with Gasteiger partial charge in [-0.1, -0.05) is 12.1 Å². The maximum absolute atomic E-state index is 10.7. The average molecular weight is 204 g/mol. The lowest BCUT2D eigenvalue weighted by atomic mass is 10.0. The van der Waals surface area contributed by atoms with Crippen LogP contribution in [0.25, 0.3) is 0 Å². The Bertz CT molecular complexity index is 408. The molecule has 0 unspecified atom stereocenters. The van der Waals surface area contributed by atoms with Gasteiger partial charge in [0.25, 0.3) is 0 Å². The van der Waals surface area contributed by atoms with Gasteiger partial charge in [-0.15, -0.1) is 0 Å². The average Bonchev–Trinajstić information content (AvgIpc) is 2.18. The molecule has 15 heavy (non-hydrogen) atoms. The molecule has 1 N–H and O–H groups in total. The summed E-state index contributed by atoms with van der Waals surface area (Å²) in [4.78, 5) is 10.7. The van der Waals surface area contributed by atoms with Crippen LogP contribution in [0.15, 0.2) is 23.3 Å². The van der Waals surface area contributed by atoms with Crippen molar-refractivity contribution >= 4 is 11.6 Å². The molecule has 1 amide bonds. The maximum atomic E-state index is 10.7. The second kappa shape index (κ2) is 4.73. The Kier molecular flexibility index (Phi) is 3.61. The fraction of sp³-hybridized carbons (Fsp3) is 0.333. The van der Waals surface area contributed by atoms with Gasteiger partial charge in [-0.25, -0.2) is 5.43 Å². The van der Waals surface area contributed by atoms with E-state index in [0.29, 0.717) is 0 Å². The molecule has 80 valence electrons. The van der Waals surface area contributed by atoms with Gasteiger partial charge in [-0.05, 0) is 43.5 Å². The summed E-state index contributed by atoms with van der Waals surface area (Å²) in [6, 6.07) is 6.12. The van der Waals surface area contributed by atoms with Gasteiger partial charge in [-0.3, -0.25) is 4.79 Å². The third kappa shape index (κ3) is 3.20. The van der Waals surface area contributed by atoms with Crippen LogP contribution < -0.4 is 5.43 Å². The van der Waals surface area contributed by atoms with Crippen molar-refractivity contribution in [3.05, 3.63) is 34.9 Å². The Morgan fingerprint density at radius 3 is 2.40 bits per heavy atom. The fourth-order valence-electron chi connectivity index (χ4n) is 1.19. The van der Waals surface area contributed by atoms with Gasteiger partial charge in [0.1, 0.15) is 0 Å². The summed E-state index contributed by atoms with van der Waals surface area (Å²) in [5, 5.41) is 3.98. The number of nitrogens with zero attached hydrogens (tertiary/aromatic N) is 1. The van der Waals surface area contributed by atoms with Crippen LogP contribution in [-0.2, 0) is 4.79 Å². The van der Waals surface area contributed by atoms with Gasteiger partial charge < -0.3 is 0 Å². The lowest BCUT2D eigenvalue weighted by molar-refractivity contribution is -0.118. The third-order valence-electron chi connectivity index (χ3n) is 2.31. The Morgan fingerprint density at radius 1 is 1.20 bits per heavy atom. The fourth-order valence-corrected chi connectivity index (χ4v) is 1.19. The predicted octanol–water partition coefficient (Wildman–Crippen LogP) is 2.16. The van der Waals surface area contributed by atoms with Crippen molar-refractivity contribution in [2.24, 2.45) is 5.10 Å². The standard InChI is InChI=1S/C12H16N2O/c1-8-5-6-12(7-9(8)2)10(3)13-14-11(4)15/h5-7H,1-4H3,(H,14,15)/b13-10+. The van der Waals surface area contributed by atoms with E-state index in [1.807, 2.05) is 13.0 Å². The van der Waals surface area contributed by atoms with E-state index in [4.69, 9.17) is 0 Å². The van der Waals surface area contributed by atoms with E-state index in [0.717, 1.165) is 11.3 Å². The molecule has 3 nitrogen and oxygen atoms in total. The Morgan fingerprint density at radius 2 is 1.87 bits per heavy atom. The summed E-state index contributed by atoms with van der Waals surface area (Å²) in [6.45, 7) is 7.45. The highest BCUT2D eigenvalue weighted by atomic mass is 16.2. The molecule has 0 bridgehead atoms. The van der Waals surface area contributed by atoms with E-state index in [1.165, 1.54) is 18.1 Å². The number of hydrazone groups is 1. The molecule has 1 rings (SSSR count). The van der Waals surface area contributed by atoms with Crippen LogP contribution in [0.3, 0.4) is 0 Å². The molecule has 0 aliphatic heterocycles. The SMILES string of the molecule is CC(=O)N/N=C(\C)c1ccc(C)c(C)c1. The highest BCUT2D eigenvalue weighted by Gasteiger charge is 1.99. The molecule has 0 radical (unpaired) electrons. The highest BCUT2D eigenvalue weighted by molar-refractivity contribution is 5.99. The molecule has 0 saturated heterocycles. The zero-order valence-electron chi connectivity index (χ0n) is 9.59. The van der Waals surface area contributed by atoms with Crippen molar-refractivity contribution in [1.82, 2.24) is 5.43 Å². The Hall–Kier alpha value is -1.64. The lowest BCUT2D eigenvalue weighted by Crippen LogP contribution is -2.15. The number of amides is 1. The number of hydrogen-bond donors (Lipinski definition) is 1. The first kappa shape index (κ1) is 11.4. The van der Waals surface area contributed by atoms with Gasteiger partial charge >= 0.3 is 0 Å². The molecule has 1 aromatic carbocycles. The van der Waals surface area contributed by atoms with Gasteiger partial charge in [0.15, 0.2) is 0 Å². The van der Waals surface area contributed by atoms with E-state index in [9.17, 15) is 4.79 Å². The van der Waals surface area contributed by atoms with Gasteiger partial charge in [-0.2, -0.15) is 5.10 Å². The van der Waals surface area contributed by atoms with Crippen LogP contribution in [0.1, 0.15) is 30.5 Å². The minimum Gasteiger partial charge on any atom is -0.274 e. The molecule has 0 aliphatic carbocycles. The summed E-state index contributed by atoms with van der Waals surface area (Å²) in [5.41, 5.74) is 6.76. The summed E-state index contributed by atoms with van der Waals surface area (Å²) in [5.74, 6) is -0.154. The van der Waals surface area contributed by atoms with E-state index in [1.54, 1.807) is 0 Å². The van der Waals surface area contributed by atoms with Crippen LogP contribution >= 0.6 is 0 Å². The van der Waals surface area contributed by atoms with Crippen molar-refractivity contribution in [1.29, 1.82) is 0 Å². The number of carbonyl (C=O) groups excluding carboxylic acids is 1. The highest BCUT2D eigenvalue weighted by Crippen LogP contribution is 2.10. The number of nitrogens with one attached hydrogen (secondary N) is 1. The van der Waals surface area contributed by atoms with Crippen LogP contribution in [0.5, 0.6) is 0 Å². The minimum absolute atomic E-state index is 0.154. The second-order valence-electron chi connectivity index (χ2n) is 3.66. The van der Waals surface area contributed by atoms with Gasteiger partial charge in [0, 0.05) is 6.92 Å². The van der Waals surface area contributed by atoms with Crippen LogP contribution in [0.2, 0.25) is 0 Å². The quantitative estimate of drug-likeness (QED) is 0.582. The van der Waals surface area contributed by atoms with E-state index in [-0.39, 0.29) is 5.91 Å². The van der Waals surface area contributed by atoms with E-state index >= 15 is 0 Å². The number of rotatable bonds is 2. The van der Waals surface area contributed by atoms with Crippen molar-refractivity contribution < 1.29 is 4.79 Å². The number of carbonyl (C=O) groups is 1. The molecular weight excluding hydrogens is 188 g/mol. The number of aryl methyl sites for hydroxylation is 2. The van der Waals surface area contributed by atoms with Crippen molar-refractivity contribution in [2.45, 2.75) is 27.7 Å². The van der Waals surface area contributed by atoms with E-state index < -0.39 is 0 Å². The number of hydrogen-bond acceptors (Lipinski definition) is 2. The van der Waals surface area contributed by atoms with Crippen molar-refractivity contribution in [2.75, 3.05) is 0 Å². The maximum Gasteiger partial charge on any atom is 0.236 e. The Labute approximate surface area is 90.2 Å². The normalized spacial score (nSPS) is 11.3. The largest absolute Gasteiger partial charge is 0.274 e. The molecule has 0 aliphatic rings. The summed E-state index contributed by atoms with van der Waals surface area (Å²) in [7, 11) is 0. The molecule has 0 heterocycles.